The number of nitrogens with two attached hydrogens (primary N) is 1. The van der Waals surface area contributed by atoms with E-state index in [4.69, 9.17) is 22.1 Å². The van der Waals surface area contributed by atoms with Crippen LogP contribution in [0.4, 0.5) is 10.3 Å². The van der Waals surface area contributed by atoms with Gasteiger partial charge in [0.1, 0.15) is 11.3 Å². The lowest BCUT2D eigenvalue weighted by Crippen LogP contribution is -2.42. The summed E-state index contributed by atoms with van der Waals surface area (Å²) >= 11 is 6.40. The van der Waals surface area contributed by atoms with E-state index in [1.54, 1.807) is 0 Å². The molecule has 1 aliphatic heterocycles. The van der Waals surface area contributed by atoms with E-state index < -0.39 is 17.5 Å². The molecule has 2 atom stereocenters. The van der Waals surface area contributed by atoms with Gasteiger partial charge in [0, 0.05) is 18.2 Å². The summed E-state index contributed by atoms with van der Waals surface area (Å²) in [7, 11) is 0. The van der Waals surface area contributed by atoms with Gasteiger partial charge in [-0.3, -0.25) is 0 Å². The molecule has 0 bridgehead atoms. The molecule has 3 aromatic rings. The highest BCUT2D eigenvalue weighted by atomic mass is 35.5. The van der Waals surface area contributed by atoms with E-state index in [2.05, 4.69) is 20.3 Å². The lowest BCUT2D eigenvalue weighted by atomic mass is 10.1. The zero-order chi connectivity index (χ0) is 23.2. The quantitative estimate of drug-likeness (QED) is 0.531. The Hall–Kier alpha value is -2.33. The number of aromatic nitrogens is 4. The number of imidazole rings is 1. The Morgan fingerprint density at radius 1 is 1.34 bits per heavy atom. The molecular formula is C22H28ClFN6O2. The minimum atomic E-state index is -0.746. The van der Waals surface area contributed by atoms with Crippen molar-refractivity contribution in [2.75, 3.05) is 18.5 Å². The Kier molecular flexibility index (Phi) is 6.10. The average molecular weight is 463 g/mol. The number of aliphatic hydroxyl groups excluding tert-OH is 1. The van der Waals surface area contributed by atoms with Crippen LogP contribution in [0.3, 0.4) is 0 Å². The maximum atomic E-state index is 15.2. The molecule has 2 aromatic heterocycles. The Morgan fingerprint density at radius 2 is 2.09 bits per heavy atom. The second-order valence-electron chi connectivity index (χ2n) is 9.02. The van der Waals surface area contributed by atoms with Crippen molar-refractivity contribution in [3.8, 4) is 11.3 Å². The number of halogens is 2. The normalized spacial score (nSPS) is 19.7. The van der Waals surface area contributed by atoms with E-state index in [-0.39, 0.29) is 29.2 Å². The monoisotopic (exact) mass is 462 g/mol. The smallest absolute Gasteiger partial charge is 0.223 e. The number of benzene rings is 1. The molecule has 0 spiro atoms. The molecule has 0 unspecified atom stereocenters. The van der Waals surface area contributed by atoms with Crippen LogP contribution in [0.1, 0.15) is 46.0 Å². The molecule has 1 fully saturated rings. The number of nitrogens with zero attached hydrogens (tertiary/aromatic N) is 4. The molecule has 32 heavy (non-hydrogen) atoms. The minimum absolute atomic E-state index is 0.0144. The summed E-state index contributed by atoms with van der Waals surface area (Å²) in [6.07, 6.45) is 1.42. The fraction of sp³-hybridized carbons (Fsp3) is 0.500. The van der Waals surface area contributed by atoms with Crippen LogP contribution in [-0.4, -0.2) is 50.0 Å². The van der Waals surface area contributed by atoms with Gasteiger partial charge in [-0.05, 0) is 46.2 Å². The van der Waals surface area contributed by atoms with Gasteiger partial charge in [0.05, 0.1) is 46.7 Å². The van der Waals surface area contributed by atoms with Gasteiger partial charge in [-0.15, -0.1) is 0 Å². The van der Waals surface area contributed by atoms with Gasteiger partial charge in [0.25, 0.3) is 0 Å². The third-order valence-corrected chi connectivity index (χ3v) is 5.78. The zero-order valence-corrected chi connectivity index (χ0v) is 19.3. The van der Waals surface area contributed by atoms with Gasteiger partial charge in [0.15, 0.2) is 5.82 Å². The van der Waals surface area contributed by atoms with E-state index >= 15 is 4.39 Å². The summed E-state index contributed by atoms with van der Waals surface area (Å²) in [6, 6.07) is 2.96. The minimum Gasteiger partial charge on any atom is -0.389 e. The van der Waals surface area contributed by atoms with Crippen molar-refractivity contribution >= 4 is 28.6 Å². The van der Waals surface area contributed by atoms with Crippen LogP contribution in [-0.2, 0) is 10.3 Å². The Balaban J connectivity index is 1.80. The molecule has 4 rings (SSSR count). The maximum Gasteiger partial charge on any atom is 0.223 e. The van der Waals surface area contributed by atoms with Crippen molar-refractivity contribution in [2.45, 2.75) is 57.8 Å². The lowest BCUT2D eigenvalue weighted by Gasteiger charge is -2.28. The Morgan fingerprint density at radius 3 is 2.75 bits per heavy atom. The first-order valence-electron chi connectivity index (χ1n) is 10.6. The SMILES string of the molecule is CC(C)n1c(C(C)(C)N)nc2c(F)cc(-c3nc(N[C@@H]4CCOC[C@H]4O)ncc3Cl)cc21. The number of anilines is 1. The van der Waals surface area contributed by atoms with Crippen molar-refractivity contribution in [3.05, 3.63) is 35.0 Å². The number of ether oxygens (including phenoxy) is 1. The molecule has 0 saturated carbocycles. The second-order valence-corrected chi connectivity index (χ2v) is 9.43. The maximum absolute atomic E-state index is 15.2. The number of aliphatic hydroxyl groups is 1. The summed E-state index contributed by atoms with van der Waals surface area (Å²) in [6.45, 7) is 8.47. The first kappa shape index (κ1) is 22.8. The number of rotatable bonds is 5. The van der Waals surface area contributed by atoms with Crippen molar-refractivity contribution in [1.82, 2.24) is 19.5 Å². The zero-order valence-electron chi connectivity index (χ0n) is 18.6. The van der Waals surface area contributed by atoms with Crippen molar-refractivity contribution in [3.63, 3.8) is 0 Å². The van der Waals surface area contributed by atoms with Crippen LogP contribution in [0, 0.1) is 5.82 Å². The molecular weight excluding hydrogens is 435 g/mol. The van der Waals surface area contributed by atoms with E-state index in [9.17, 15) is 5.11 Å². The van der Waals surface area contributed by atoms with Crippen LogP contribution >= 0.6 is 11.6 Å². The number of nitrogens with one attached hydrogen (secondary N) is 1. The number of fused-ring (bicyclic) bond motifs is 1. The Bertz CT molecular complexity index is 1140. The van der Waals surface area contributed by atoms with Crippen LogP contribution in [0.15, 0.2) is 18.3 Å². The van der Waals surface area contributed by atoms with Crippen LogP contribution in [0.25, 0.3) is 22.3 Å². The second kappa shape index (κ2) is 8.55. The molecule has 172 valence electrons. The van der Waals surface area contributed by atoms with Gasteiger partial charge >= 0.3 is 0 Å². The molecule has 4 N–H and O–H groups in total. The third kappa shape index (κ3) is 4.30. The summed E-state index contributed by atoms with van der Waals surface area (Å²) in [5, 5.41) is 13.6. The van der Waals surface area contributed by atoms with Crippen LogP contribution in [0.2, 0.25) is 5.02 Å². The standard InChI is InChI=1S/C22H28ClFN6O2/c1-11(2)30-16-8-12(7-14(24)19(16)28-20(30)22(3,4)25)18-13(23)9-26-21(29-18)27-15-5-6-32-10-17(15)31/h7-9,11,15,17,31H,5-6,10,25H2,1-4H3,(H,26,27,29)/t15-,17-/m1/s1. The van der Waals surface area contributed by atoms with Gasteiger partial charge < -0.3 is 25.5 Å². The van der Waals surface area contributed by atoms with E-state index in [0.29, 0.717) is 41.6 Å². The van der Waals surface area contributed by atoms with Gasteiger partial charge in [0.2, 0.25) is 5.95 Å². The Labute approximate surface area is 191 Å². The highest BCUT2D eigenvalue weighted by Gasteiger charge is 2.27. The van der Waals surface area contributed by atoms with Gasteiger partial charge in [-0.2, -0.15) is 0 Å². The first-order valence-corrected chi connectivity index (χ1v) is 11.0. The fourth-order valence-corrected chi connectivity index (χ4v) is 4.16. The van der Waals surface area contributed by atoms with Crippen LogP contribution < -0.4 is 11.1 Å². The molecule has 1 aliphatic rings. The highest BCUT2D eigenvalue weighted by molar-refractivity contribution is 6.33. The summed E-state index contributed by atoms with van der Waals surface area (Å²) in [5.74, 6) is 0.423. The lowest BCUT2D eigenvalue weighted by molar-refractivity contribution is -0.0136. The molecule has 0 radical (unpaired) electrons. The molecule has 1 saturated heterocycles. The first-order chi connectivity index (χ1) is 15.1. The van der Waals surface area contributed by atoms with Crippen molar-refractivity contribution in [2.24, 2.45) is 5.73 Å². The summed E-state index contributed by atoms with van der Waals surface area (Å²) < 4.78 is 22.4. The van der Waals surface area contributed by atoms with Crippen molar-refractivity contribution < 1.29 is 14.2 Å². The van der Waals surface area contributed by atoms with Gasteiger partial charge in [-0.1, -0.05) is 11.6 Å². The molecule has 10 heteroatoms. The summed E-state index contributed by atoms with van der Waals surface area (Å²) in [4.78, 5) is 13.3. The molecule has 0 aliphatic carbocycles. The van der Waals surface area contributed by atoms with Crippen molar-refractivity contribution in [1.29, 1.82) is 0 Å². The predicted octanol–water partition coefficient (Wildman–Crippen LogP) is 3.62. The predicted molar refractivity (Wildman–Crippen MR) is 122 cm³/mol. The fourth-order valence-electron chi connectivity index (χ4n) is 3.96. The topological polar surface area (TPSA) is 111 Å². The van der Waals surface area contributed by atoms with E-state index in [1.807, 2.05) is 38.3 Å². The average Bonchev–Trinajstić information content (AvgIpc) is 3.12. The molecule has 3 heterocycles. The highest BCUT2D eigenvalue weighted by Crippen LogP contribution is 2.34. The van der Waals surface area contributed by atoms with E-state index in [1.165, 1.54) is 12.3 Å². The molecule has 0 amide bonds. The third-order valence-electron chi connectivity index (χ3n) is 5.50. The van der Waals surface area contributed by atoms with E-state index in [0.717, 1.165) is 0 Å². The summed E-state index contributed by atoms with van der Waals surface area (Å²) in [5.41, 5.74) is 7.33. The number of hydrogen-bond donors (Lipinski definition) is 3. The largest absolute Gasteiger partial charge is 0.389 e. The van der Waals surface area contributed by atoms with Crippen LogP contribution in [0.5, 0.6) is 0 Å². The van der Waals surface area contributed by atoms with Gasteiger partial charge in [-0.25, -0.2) is 19.3 Å². The molecule has 1 aromatic carbocycles. The molecule has 8 nitrogen and oxygen atoms in total. The number of hydrogen-bond acceptors (Lipinski definition) is 7.